The molecule has 0 amide bonds. The highest BCUT2D eigenvalue weighted by Crippen LogP contribution is 2.25. The first-order chi connectivity index (χ1) is 8.60. The Labute approximate surface area is 102 Å². The van der Waals surface area contributed by atoms with E-state index >= 15 is 0 Å². The van der Waals surface area contributed by atoms with Crippen LogP contribution in [0.1, 0.15) is 0 Å². The topological polar surface area (TPSA) is 104 Å². The van der Waals surface area contributed by atoms with Crippen molar-refractivity contribution < 1.29 is 9.66 Å². The second-order valence-corrected chi connectivity index (χ2v) is 3.48. The normalized spacial score (nSPS) is 10.1. The van der Waals surface area contributed by atoms with Crippen LogP contribution < -0.4 is 10.5 Å². The third-order valence-electron chi connectivity index (χ3n) is 2.28. The second kappa shape index (κ2) is 4.66. The molecule has 0 saturated heterocycles. The highest BCUT2D eigenvalue weighted by Gasteiger charge is 2.11. The van der Waals surface area contributed by atoms with Gasteiger partial charge in [0, 0.05) is 23.9 Å². The first kappa shape index (κ1) is 11.8. The Kier molecular flexibility index (Phi) is 3.05. The van der Waals surface area contributed by atoms with Crippen LogP contribution in [0.15, 0.2) is 30.5 Å². The zero-order valence-corrected chi connectivity index (χ0v) is 9.53. The summed E-state index contributed by atoms with van der Waals surface area (Å²) in [5.41, 5.74) is 6.49. The van der Waals surface area contributed by atoms with E-state index in [-0.39, 0.29) is 11.5 Å². The molecule has 0 aromatic carbocycles. The smallest absolute Gasteiger partial charge is 0.275 e. The number of ether oxygens (including phenoxy) is 1. The van der Waals surface area contributed by atoms with Gasteiger partial charge >= 0.3 is 0 Å². The monoisotopic (exact) mass is 246 g/mol. The Morgan fingerprint density at radius 1 is 1.39 bits per heavy atom. The molecule has 0 fully saturated rings. The molecule has 0 unspecified atom stereocenters. The minimum absolute atomic E-state index is 0.0926. The fourth-order valence-electron chi connectivity index (χ4n) is 1.47. The lowest BCUT2D eigenvalue weighted by Crippen LogP contribution is -1.97. The van der Waals surface area contributed by atoms with E-state index < -0.39 is 4.92 Å². The fraction of sp³-hybridized carbons (Fsp3) is 0.0909. The number of aromatic nitrogens is 2. The molecule has 2 aromatic heterocycles. The number of anilines is 1. The maximum Gasteiger partial charge on any atom is 0.275 e. The van der Waals surface area contributed by atoms with Crippen molar-refractivity contribution in [3.8, 4) is 17.1 Å². The largest absolute Gasteiger partial charge is 0.481 e. The SMILES string of the molecule is COc1cc(-c2cc([N+](=O)[O-])cc(N)n2)ccn1. The van der Waals surface area contributed by atoms with E-state index in [4.69, 9.17) is 10.5 Å². The van der Waals surface area contributed by atoms with E-state index in [0.29, 0.717) is 17.1 Å². The fourth-order valence-corrected chi connectivity index (χ4v) is 1.47. The molecule has 7 heteroatoms. The van der Waals surface area contributed by atoms with Crippen molar-refractivity contribution in [2.24, 2.45) is 0 Å². The Bertz CT molecular complexity index is 601. The van der Waals surface area contributed by atoms with Gasteiger partial charge in [-0.2, -0.15) is 0 Å². The summed E-state index contributed by atoms with van der Waals surface area (Å²) in [6.07, 6.45) is 1.53. The molecule has 0 aliphatic rings. The second-order valence-electron chi connectivity index (χ2n) is 3.48. The highest BCUT2D eigenvalue weighted by atomic mass is 16.6. The van der Waals surface area contributed by atoms with Crippen molar-refractivity contribution >= 4 is 11.5 Å². The van der Waals surface area contributed by atoms with E-state index in [0.717, 1.165) is 0 Å². The van der Waals surface area contributed by atoms with E-state index in [1.807, 2.05) is 0 Å². The summed E-state index contributed by atoms with van der Waals surface area (Å²) in [5, 5.41) is 10.7. The molecular formula is C11H10N4O3. The average molecular weight is 246 g/mol. The molecule has 0 radical (unpaired) electrons. The van der Waals surface area contributed by atoms with Crippen LogP contribution in [0.4, 0.5) is 11.5 Å². The first-order valence-corrected chi connectivity index (χ1v) is 5.02. The summed E-state index contributed by atoms with van der Waals surface area (Å²) in [6, 6.07) is 5.87. The van der Waals surface area contributed by atoms with Crippen LogP contribution in [0.25, 0.3) is 11.3 Å². The quantitative estimate of drug-likeness (QED) is 0.652. The molecule has 92 valence electrons. The summed E-state index contributed by atoms with van der Waals surface area (Å²) in [6.45, 7) is 0. The van der Waals surface area contributed by atoms with Gasteiger partial charge in [0.2, 0.25) is 5.88 Å². The summed E-state index contributed by atoms with van der Waals surface area (Å²) < 4.78 is 4.98. The molecular weight excluding hydrogens is 236 g/mol. The molecule has 2 aromatic rings. The third kappa shape index (κ3) is 2.34. The van der Waals surface area contributed by atoms with Gasteiger partial charge < -0.3 is 10.5 Å². The predicted octanol–water partition coefficient (Wildman–Crippen LogP) is 1.64. The van der Waals surface area contributed by atoms with Gasteiger partial charge in [-0.1, -0.05) is 0 Å². The van der Waals surface area contributed by atoms with Crippen molar-refractivity contribution in [1.29, 1.82) is 0 Å². The number of nitro groups is 1. The summed E-state index contributed by atoms with van der Waals surface area (Å²) in [5.74, 6) is 0.495. The highest BCUT2D eigenvalue weighted by molar-refractivity contribution is 5.65. The average Bonchev–Trinajstić information content (AvgIpc) is 2.38. The van der Waals surface area contributed by atoms with Crippen LogP contribution in [0, 0.1) is 10.1 Å². The molecule has 2 heterocycles. The standard InChI is InChI=1S/C11H10N4O3/c1-18-11-4-7(2-3-13-11)9-5-8(15(16)17)6-10(12)14-9/h2-6H,1H3,(H2,12,14). The minimum atomic E-state index is -0.514. The van der Waals surface area contributed by atoms with Crippen molar-refractivity contribution in [3.05, 3.63) is 40.6 Å². The molecule has 0 atom stereocenters. The Balaban J connectivity index is 2.52. The number of nitrogens with zero attached hydrogens (tertiary/aromatic N) is 3. The predicted molar refractivity (Wildman–Crippen MR) is 65.1 cm³/mol. The van der Waals surface area contributed by atoms with Crippen LogP contribution in [0.3, 0.4) is 0 Å². The number of nitrogen functional groups attached to an aromatic ring is 1. The van der Waals surface area contributed by atoms with Crippen molar-refractivity contribution in [2.45, 2.75) is 0 Å². The molecule has 0 saturated carbocycles. The van der Waals surface area contributed by atoms with Gasteiger partial charge in [0.25, 0.3) is 5.69 Å². The van der Waals surface area contributed by atoms with Gasteiger partial charge in [-0.05, 0) is 6.07 Å². The van der Waals surface area contributed by atoms with Crippen LogP contribution in [-0.4, -0.2) is 22.0 Å². The molecule has 7 nitrogen and oxygen atoms in total. The lowest BCUT2D eigenvalue weighted by atomic mass is 10.1. The molecule has 18 heavy (non-hydrogen) atoms. The number of rotatable bonds is 3. The van der Waals surface area contributed by atoms with E-state index in [2.05, 4.69) is 9.97 Å². The number of hydrogen-bond acceptors (Lipinski definition) is 6. The molecule has 0 aliphatic heterocycles. The van der Waals surface area contributed by atoms with Gasteiger partial charge in [0.05, 0.1) is 23.8 Å². The van der Waals surface area contributed by atoms with Gasteiger partial charge in [-0.15, -0.1) is 0 Å². The van der Waals surface area contributed by atoms with Crippen molar-refractivity contribution in [1.82, 2.24) is 9.97 Å². The Morgan fingerprint density at radius 2 is 2.17 bits per heavy atom. The van der Waals surface area contributed by atoms with Gasteiger partial charge in [0.1, 0.15) is 5.82 Å². The zero-order chi connectivity index (χ0) is 13.1. The molecule has 0 spiro atoms. The lowest BCUT2D eigenvalue weighted by Gasteiger charge is -2.04. The number of nitrogens with two attached hydrogens (primary N) is 1. The number of pyridine rings is 2. The molecule has 0 bridgehead atoms. The van der Waals surface area contributed by atoms with Crippen LogP contribution in [0.5, 0.6) is 5.88 Å². The van der Waals surface area contributed by atoms with Crippen molar-refractivity contribution in [2.75, 3.05) is 12.8 Å². The van der Waals surface area contributed by atoms with Gasteiger partial charge in [-0.3, -0.25) is 10.1 Å². The lowest BCUT2D eigenvalue weighted by molar-refractivity contribution is -0.384. The third-order valence-corrected chi connectivity index (χ3v) is 2.28. The summed E-state index contributed by atoms with van der Waals surface area (Å²) in [7, 11) is 1.49. The molecule has 2 rings (SSSR count). The Hall–Kier alpha value is -2.70. The maximum absolute atomic E-state index is 10.7. The van der Waals surface area contributed by atoms with E-state index in [9.17, 15) is 10.1 Å². The van der Waals surface area contributed by atoms with E-state index in [1.54, 1.807) is 12.1 Å². The van der Waals surface area contributed by atoms with Crippen LogP contribution >= 0.6 is 0 Å². The van der Waals surface area contributed by atoms with Crippen LogP contribution in [-0.2, 0) is 0 Å². The van der Waals surface area contributed by atoms with Crippen LogP contribution in [0.2, 0.25) is 0 Å². The number of methoxy groups -OCH3 is 1. The maximum atomic E-state index is 10.7. The minimum Gasteiger partial charge on any atom is -0.481 e. The van der Waals surface area contributed by atoms with E-state index in [1.165, 1.54) is 25.4 Å². The zero-order valence-electron chi connectivity index (χ0n) is 9.53. The summed E-state index contributed by atoms with van der Waals surface area (Å²) >= 11 is 0. The first-order valence-electron chi connectivity index (χ1n) is 5.02. The van der Waals surface area contributed by atoms with Crippen molar-refractivity contribution in [3.63, 3.8) is 0 Å². The molecule has 0 aliphatic carbocycles. The number of hydrogen-bond donors (Lipinski definition) is 1. The van der Waals surface area contributed by atoms with Gasteiger partial charge in [0.15, 0.2) is 0 Å². The van der Waals surface area contributed by atoms with Gasteiger partial charge in [-0.25, -0.2) is 9.97 Å². The Morgan fingerprint density at radius 3 is 2.83 bits per heavy atom. The summed E-state index contributed by atoms with van der Waals surface area (Å²) in [4.78, 5) is 18.2. The molecule has 2 N–H and O–H groups in total.